The van der Waals surface area contributed by atoms with Crippen molar-refractivity contribution in [1.29, 1.82) is 0 Å². The summed E-state index contributed by atoms with van der Waals surface area (Å²) in [5, 5.41) is 0. The van der Waals surface area contributed by atoms with Crippen LogP contribution < -0.4 is 9.64 Å². The lowest BCUT2D eigenvalue weighted by molar-refractivity contribution is -0.141. The zero-order valence-electron chi connectivity index (χ0n) is 11.1. The molecule has 0 spiro atoms. The molecule has 0 N–H and O–H groups in total. The fourth-order valence-corrected chi connectivity index (χ4v) is 2.02. The van der Waals surface area contributed by atoms with Crippen LogP contribution in [-0.2, 0) is 14.3 Å². The van der Waals surface area contributed by atoms with Gasteiger partial charge in [0.1, 0.15) is 5.75 Å². The third-order valence-electron chi connectivity index (χ3n) is 2.67. The Morgan fingerprint density at radius 2 is 1.95 bits per heavy atom. The molecular weight excluding hydrogens is 314 g/mol. The summed E-state index contributed by atoms with van der Waals surface area (Å²) in [6.07, 6.45) is 0.198. The number of nitrogens with zero attached hydrogens (tertiary/aromatic N) is 1. The highest BCUT2D eigenvalue weighted by Crippen LogP contribution is 2.29. The number of carbonyl (C=O) groups excluding carboxylic acids is 2. The van der Waals surface area contributed by atoms with Gasteiger partial charge in [-0.2, -0.15) is 0 Å². The average molecular weight is 330 g/mol. The van der Waals surface area contributed by atoms with Gasteiger partial charge in [0.25, 0.3) is 0 Å². The van der Waals surface area contributed by atoms with Crippen molar-refractivity contribution < 1.29 is 19.1 Å². The molecule has 1 amide bonds. The molecule has 0 saturated carbocycles. The van der Waals surface area contributed by atoms with Crippen LogP contribution in [0.25, 0.3) is 0 Å². The quantitative estimate of drug-likeness (QED) is 0.778. The topological polar surface area (TPSA) is 55.8 Å². The molecule has 1 aromatic carbocycles. The molecule has 0 radical (unpaired) electrons. The maximum atomic E-state index is 11.9. The van der Waals surface area contributed by atoms with E-state index < -0.39 is 5.97 Å². The van der Waals surface area contributed by atoms with Crippen LogP contribution in [0.4, 0.5) is 5.69 Å². The first-order chi connectivity index (χ1) is 8.99. The Hall–Kier alpha value is -1.56. The van der Waals surface area contributed by atoms with Gasteiger partial charge in [-0.15, -0.1) is 0 Å². The summed E-state index contributed by atoms with van der Waals surface area (Å²) in [5.41, 5.74) is 0.725. The second-order valence-corrected chi connectivity index (χ2v) is 4.70. The van der Waals surface area contributed by atoms with Gasteiger partial charge in [-0.25, -0.2) is 0 Å². The lowest BCUT2D eigenvalue weighted by atomic mass is 10.2. The van der Waals surface area contributed by atoms with Crippen LogP contribution >= 0.6 is 15.9 Å². The summed E-state index contributed by atoms with van der Waals surface area (Å²) < 4.78 is 10.4. The number of halogens is 1. The Labute approximate surface area is 120 Å². The number of ether oxygens (including phenoxy) is 2. The molecular formula is C13H16BrNO4. The minimum absolute atomic E-state index is 0.0804. The maximum Gasteiger partial charge on any atom is 0.306 e. The highest BCUT2D eigenvalue weighted by molar-refractivity contribution is 9.10. The first kappa shape index (κ1) is 15.5. The fraction of sp³-hybridized carbons (Fsp3) is 0.385. The van der Waals surface area contributed by atoms with Crippen molar-refractivity contribution in [2.75, 3.05) is 26.2 Å². The molecule has 0 saturated heterocycles. The number of anilines is 1. The minimum atomic E-state index is -0.391. The van der Waals surface area contributed by atoms with E-state index in [4.69, 9.17) is 4.74 Å². The van der Waals surface area contributed by atoms with E-state index in [1.54, 1.807) is 32.4 Å². The highest BCUT2D eigenvalue weighted by Gasteiger charge is 2.14. The Balaban J connectivity index is 2.71. The summed E-state index contributed by atoms with van der Waals surface area (Å²) in [7, 11) is 4.54. The van der Waals surface area contributed by atoms with Gasteiger partial charge in [0.15, 0.2) is 0 Å². The lowest BCUT2D eigenvalue weighted by Gasteiger charge is -2.18. The molecule has 0 aliphatic carbocycles. The summed E-state index contributed by atoms with van der Waals surface area (Å²) in [6.45, 7) is 0. The molecule has 0 bridgehead atoms. The largest absolute Gasteiger partial charge is 0.496 e. The summed E-state index contributed by atoms with van der Waals surface area (Å²) >= 11 is 3.36. The number of benzene rings is 1. The monoisotopic (exact) mass is 329 g/mol. The van der Waals surface area contributed by atoms with Crippen molar-refractivity contribution >= 4 is 33.5 Å². The van der Waals surface area contributed by atoms with Crippen molar-refractivity contribution in [2.45, 2.75) is 12.8 Å². The van der Waals surface area contributed by atoms with E-state index in [0.29, 0.717) is 5.75 Å². The minimum Gasteiger partial charge on any atom is -0.496 e. The van der Waals surface area contributed by atoms with Crippen LogP contribution in [0.1, 0.15) is 12.8 Å². The summed E-state index contributed by atoms with van der Waals surface area (Å²) in [6, 6.07) is 5.33. The van der Waals surface area contributed by atoms with E-state index >= 15 is 0 Å². The molecule has 1 rings (SSSR count). The zero-order chi connectivity index (χ0) is 14.4. The second kappa shape index (κ2) is 7.13. The van der Waals surface area contributed by atoms with Crippen molar-refractivity contribution in [3.63, 3.8) is 0 Å². The Morgan fingerprint density at radius 1 is 1.26 bits per heavy atom. The molecule has 19 heavy (non-hydrogen) atoms. The van der Waals surface area contributed by atoms with Gasteiger partial charge in [-0.3, -0.25) is 9.59 Å². The van der Waals surface area contributed by atoms with Gasteiger partial charge in [-0.1, -0.05) is 0 Å². The smallest absolute Gasteiger partial charge is 0.306 e. The average Bonchev–Trinajstić information content (AvgIpc) is 2.43. The van der Waals surface area contributed by atoms with E-state index in [-0.39, 0.29) is 18.7 Å². The molecule has 104 valence electrons. The van der Waals surface area contributed by atoms with Gasteiger partial charge in [0.05, 0.1) is 25.1 Å². The molecule has 1 aromatic rings. The summed E-state index contributed by atoms with van der Waals surface area (Å²) in [4.78, 5) is 24.4. The Kier molecular flexibility index (Phi) is 5.82. The first-order valence-corrected chi connectivity index (χ1v) is 6.45. The van der Waals surface area contributed by atoms with Crippen molar-refractivity contribution in [3.05, 3.63) is 22.7 Å². The molecule has 0 atom stereocenters. The Bertz CT molecular complexity index is 476. The second-order valence-electron chi connectivity index (χ2n) is 3.85. The number of hydrogen-bond donors (Lipinski definition) is 0. The SMILES string of the molecule is COC(=O)CCC(=O)N(C)c1ccc(OC)c(Br)c1. The number of carbonyl (C=O) groups is 2. The van der Waals surface area contributed by atoms with Crippen LogP contribution in [0.2, 0.25) is 0 Å². The van der Waals surface area contributed by atoms with Crippen molar-refractivity contribution in [2.24, 2.45) is 0 Å². The third-order valence-corrected chi connectivity index (χ3v) is 3.29. The number of rotatable bonds is 5. The molecule has 5 nitrogen and oxygen atoms in total. The van der Waals surface area contributed by atoms with Gasteiger partial charge in [-0.05, 0) is 34.1 Å². The van der Waals surface area contributed by atoms with Crippen LogP contribution in [0, 0.1) is 0 Å². The predicted octanol–water partition coefficient (Wildman–Crippen LogP) is 2.37. The number of hydrogen-bond acceptors (Lipinski definition) is 4. The standard InChI is InChI=1S/C13H16BrNO4/c1-15(12(16)6-7-13(17)19-3)9-4-5-11(18-2)10(14)8-9/h4-5,8H,6-7H2,1-3H3. The van der Waals surface area contributed by atoms with Crippen LogP contribution in [-0.4, -0.2) is 33.1 Å². The molecule has 0 aliphatic heterocycles. The lowest BCUT2D eigenvalue weighted by Crippen LogP contribution is -2.26. The summed E-state index contributed by atoms with van der Waals surface area (Å²) in [5.74, 6) is 0.152. The van der Waals surface area contributed by atoms with E-state index in [0.717, 1.165) is 10.2 Å². The van der Waals surface area contributed by atoms with E-state index in [2.05, 4.69) is 20.7 Å². The van der Waals surface area contributed by atoms with Crippen molar-refractivity contribution in [1.82, 2.24) is 0 Å². The van der Waals surface area contributed by atoms with E-state index in [1.807, 2.05) is 0 Å². The molecule has 0 fully saturated rings. The van der Waals surface area contributed by atoms with Gasteiger partial charge >= 0.3 is 5.97 Å². The number of amides is 1. The molecule has 0 heterocycles. The predicted molar refractivity (Wildman–Crippen MR) is 75.4 cm³/mol. The van der Waals surface area contributed by atoms with Gasteiger partial charge in [0.2, 0.25) is 5.91 Å². The number of esters is 1. The van der Waals surface area contributed by atoms with Crippen LogP contribution in [0.15, 0.2) is 22.7 Å². The zero-order valence-corrected chi connectivity index (χ0v) is 12.7. The van der Waals surface area contributed by atoms with E-state index in [1.165, 1.54) is 12.0 Å². The molecule has 0 aliphatic rings. The Morgan fingerprint density at radius 3 is 2.47 bits per heavy atom. The molecule has 0 unspecified atom stereocenters. The normalized spacial score (nSPS) is 9.89. The molecule has 0 aromatic heterocycles. The van der Waals surface area contributed by atoms with Crippen molar-refractivity contribution in [3.8, 4) is 5.75 Å². The van der Waals surface area contributed by atoms with Crippen LogP contribution in [0.5, 0.6) is 5.75 Å². The third kappa shape index (κ3) is 4.24. The first-order valence-electron chi connectivity index (χ1n) is 5.66. The maximum absolute atomic E-state index is 11.9. The highest BCUT2D eigenvalue weighted by atomic mass is 79.9. The number of methoxy groups -OCH3 is 2. The molecule has 6 heteroatoms. The van der Waals surface area contributed by atoms with Crippen LogP contribution in [0.3, 0.4) is 0 Å². The fourth-order valence-electron chi connectivity index (χ4n) is 1.49. The van der Waals surface area contributed by atoms with Gasteiger partial charge in [0, 0.05) is 19.2 Å². The van der Waals surface area contributed by atoms with E-state index in [9.17, 15) is 9.59 Å². The van der Waals surface area contributed by atoms with Gasteiger partial charge < -0.3 is 14.4 Å².